The molecular weight excluding hydrogens is 466 g/mol. The van der Waals surface area contributed by atoms with Crippen molar-refractivity contribution in [2.24, 2.45) is 0 Å². The maximum absolute atomic E-state index is 13.8. The quantitative estimate of drug-likeness (QED) is 0.283. The van der Waals surface area contributed by atoms with Gasteiger partial charge < -0.3 is 15.7 Å². The van der Waals surface area contributed by atoms with E-state index in [1.807, 2.05) is 36.4 Å². The smallest absolute Gasteiger partial charge is 0.261 e. The van der Waals surface area contributed by atoms with E-state index in [-0.39, 0.29) is 18.9 Å². The number of nitrogens with one attached hydrogen (secondary N) is 2. The SMILES string of the molecule is CCc1cccc(CNCC(O)C(Cc2cc(F)cc(F)c2)NC(=O)c2cc3ccccc3s2)c1. The number of hydrogen-bond acceptors (Lipinski definition) is 4. The van der Waals surface area contributed by atoms with Crippen LogP contribution in [-0.4, -0.2) is 29.7 Å². The van der Waals surface area contributed by atoms with Crippen LogP contribution in [0.3, 0.4) is 0 Å². The summed E-state index contributed by atoms with van der Waals surface area (Å²) in [5, 5.41) is 18.0. The second-order valence-electron chi connectivity index (χ2n) is 8.58. The molecule has 1 heterocycles. The van der Waals surface area contributed by atoms with Crippen LogP contribution in [0.15, 0.2) is 72.8 Å². The average Bonchev–Trinajstić information content (AvgIpc) is 3.28. The van der Waals surface area contributed by atoms with Crippen molar-refractivity contribution < 1.29 is 18.7 Å². The lowest BCUT2D eigenvalue weighted by Crippen LogP contribution is -2.48. The van der Waals surface area contributed by atoms with Crippen LogP contribution >= 0.6 is 11.3 Å². The molecule has 1 aromatic heterocycles. The first kappa shape index (κ1) is 25.0. The zero-order chi connectivity index (χ0) is 24.8. The minimum atomic E-state index is -0.978. The largest absolute Gasteiger partial charge is 0.390 e. The molecule has 2 atom stereocenters. The summed E-state index contributed by atoms with van der Waals surface area (Å²) in [4.78, 5) is 13.6. The van der Waals surface area contributed by atoms with E-state index in [0.717, 1.165) is 28.1 Å². The monoisotopic (exact) mass is 494 g/mol. The van der Waals surface area contributed by atoms with E-state index in [1.54, 1.807) is 6.07 Å². The molecule has 4 rings (SSSR count). The fourth-order valence-electron chi connectivity index (χ4n) is 4.07. The lowest BCUT2D eigenvalue weighted by Gasteiger charge is -2.25. The number of aliphatic hydroxyl groups is 1. The second kappa shape index (κ2) is 11.5. The standard InChI is InChI=1S/C28H28F2N2O2S/c1-2-18-6-5-7-19(10-18)16-31-17-25(33)24(13-20-11-22(29)15-23(30)12-20)32-28(34)27-14-21-8-3-4-9-26(21)35-27/h3-12,14-15,24-25,31,33H,2,13,16-17H2,1H3,(H,32,34). The highest BCUT2D eigenvalue weighted by molar-refractivity contribution is 7.20. The summed E-state index contributed by atoms with van der Waals surface area (Å²) in [5.74, 6) is -1.72. The molecule has 3 N–H and O–H groups in total. The van der Waals surface area contributed by atoms with E-state index >= 15 is 0 Å². The van der Waals surface area contributed by atoms with Crippen molar-refractivity contribution in [1.29, 1.82) is 0 Å². The van der Waals surface area contributed by atoms with Gasteiger partial charge >= 0.3 is 0 Å². The Labute approximate surface area is 207 Å². The van der Waals surface area contributed by atoms with Gasteiger partial charge in [0.2, 0.25) is 0 Å². The van der Waals surface area contributed by atoms with Crippen LogP contribution in [0.25, 0.3) is 10.1 Å². The van der Waals surface area contributed by atoms with Gasteiger partial charge in [0, 0.05) is 23.9 Å². The molecule has 182 valence electrons. The van der Waals surface area contributed by atoms with Crippen LogP contribution in [0, 0.1) is 11.6 Å². The van der Waals surface area contributed by atoms with Gasteiger partial charge in [-0.2, -0.15) is 0 Å². The van der Waals surface area contributed by atoms with Crippen molar-refractivity contribution in [2.45, 2.75) is 38.5 Å². The molecule has 0 radical (unpaired) electrons. The predicted molar refractivity (Wildman–Crippen MR) is 137 cm³/mol. The summed E-state index contributed by atoms with van der Waals surface area (Å²) >= 11 is 1.36. The normalized spacial score (nSPS) is 13.0. The fourth-order valence-corrected chi connectivity index (χ4v) is 5.03. The molecule has 0 saturated carbocycles. The molecule has 7 heteroatoms. The Kier molecular flexibility index (Phi) is 8.23. The Balaban J connectivity index is 1.47. The highest BCUT2D eigenvalue weighted by Gasteiger charge is 2.24. The topological polar surface area (TPSA) is 61.4 Å². The third-order valence-electron chi connectivity index (χ3n) is 5.89. The van der Waals surface area contributed by atoms with E-state index in [4.69, 9.17) is 0 Å². The maximum Gasteiger partial charge on any atom is 0.261 e. The Morgan fingerprint density at radius 2 is 1.69 bits per heavy atom. The molecule has 1 amide bonds. The molecule has 0 saturated heterocycles. The number of carbonyl (C=O) groups is 1. The van der Waals surface area contributed by atoms with Crippen molar-refractivity contribution >= 4 is 27.3 Å². The zero-order valence-corrected chi connectivity index (χ0v) is 20.2. The number of aryl methyl sites for hydroxylation is 1. The van der Waals surface area contributed by atoms with Gasteiger partial charge in [0.1, 0.15) is 11.6 Å². The van der Waals surface area contributed by atoms with Crippen molar-refractivity contribution in [3.8, 4) is 0 Å². The first-order valence-electron chi connectivity index (χ1n) is 11.6. The third kappa shape index (κ3) is 6.72. The van der Waals surface area contributed by atoms with Crippen LogP contribution in [0.5, 0.6) is 0 Å². The van der Waals surface area contributed by atoms with Crippen molar-refractivity contribution in [3.63, 3.8) is 0 Å². The van der Waals surface area contributed by atoms with Gasteiger partial charge in [-0.15, -0.1) is 11.3 Å². The number of hydrogen-bond donors (Lipinski definition) is 3. The third-order valence-corrected chi connectivity index (χ3v) is 7.01. The second-order valence-corrected chi connectivity index (χ2v) is 9.67. The number of carbonyl (C=O) groups excluding carboxylic acids is 1. The van der Waals surface area contributed by atoms with Crippen molar-refractivity contribution in [1.82, 2.24) is 10.6 Å². The molecule has 3 aromatic carbocycles. The molecule has 0 spiro atoms. The van der Waals surface area contributed by atoms with Gasteiger partial charge in [-0.05, 0) is 59.2 Å². The van der Waals surface area contributed by atoms with E-state index in [9.17, 15) is 18.7 Å². The van der Waals surface area contributed by atoms with Crippen LogP contribution < -0.4 is 10.6 Å². The van der Waals surface area contributed by atoms with Crippen LogP contribution in [0.4, 0.5) is 8.78 Å². The Hall–Kier alpha value is -3.13. The van der Waals surface area contributed by atoms with Crippen molar-refractivity contribution in [2.75, 3.05) is 6.54 Å². The molecule has 0 aliphatic heterocycles. The first-order valence-corrected chi connectivity index (χ1v) is 12.4. The molecule has 35 heavy (non-hydrogen) atoms. The van der Waals surface area contributed by atoms with E-state index in [2.05, 4.69) is 29.7 Å². The molecular formula is C28H28F2N2O2S. The molecule has 4 nitrogen and oxygen atoms in total. The molecule has 2 unspecified atom stereocenters. The van der Waals surface area contributed by atoms with Gasteiger partial charge in [-0.1, -0.05) is 49.4 Å². The average molecular weight is 495 g/mol. The lowest BCUT2D eigenvalue weighted by atomic mass is 10.0. The van der Waals surface area contributed by atoms with Gasteiger partial charge in [-0.3, -0.25) is 4.79 Å². The number of halogens is 2. The Morgan fingerprint density at radius 1 is 0.943 bits per heavy atom. The highest BCUT2D eigenvalue weighted by atomic mass is 32.1. The highest BCUT2D eigenvalue weighted by Crippen LogP contribution is 2.25. The minimum absolute atomic E-state index is 0.0828. The summed E-state index contributed by atoms with van der Waals surface area (Å²) in [6.07, 6.45) is 0.0421. The summed E-state index contributed by atoms with van der Waals surface area (Å²) in [6, 6.07) is 20.2. The maximum atomic E-state index is 13.8. The summed E-state index contributed by atoms with van der Waals surface area (Å²) < 4.78 is 28.5. The van der Waals surface area contributed by atoms with Gasteiger partial charge in [0.25, 0.3) is 5.91 Å². The summed E-state index contributed by atoms with van der Waals surface area (Å²) in [7, 11) is 0. The predicted octanol–water partition coefficient (Wildman–Crippen LogP) is 5.23. The number of fused-ring (bicyclic) bond motifs is 1. The molecule has 0 bridgehead atoms. The summed E-state index contributed by atoms with van der Waals surface area (Å²) in [6.45, 7) is 2.84. The van der Waals surface area contributed by atoms with E-state index in [1.165, 1.54) is 29.0 Å². The van der Waals surface area contributed by atoms with Gasteiger partial charge in [0.15, 0.2) is 0 Å². The van der Waals surface area contributed by atoms with Gasteiger partial charge in [-0.25, -0.2) is 8.78 Å². The summed E-state index contributed by atoms with van der Waals surface area (Å²) in [5.41, 5.74) is 2.68. The number of aliphatic hydroxyl groups excluding tert-OH is 1. The zero-order valence-electron chi connectivity index (χ0n) is 19.4. The molecule has 0 fully saturated rings. The fraction of sp³-hybridized carbons (Fsp3) is 0.250. The van der Waals surface area contributed by atoms with Crippen LogP contribution in [-0.2, 0) is 19.4 Å². The minimum Gasteiger partial charge on any atom is -0.390 e. The van der Waals surface area contributed by atoms with Gasteiger partial charge in [0.05, 0.1) is 17.0 Å². The van der Waals surface area contributed by atoms with Crippen LogP contribution in [0.2, 0.25) is 0 Å². The van der Waals surface area contributed by atoms with Crippen LogP contribution in [0.1, 0.15) is 33.3 Å². The number of rotatable bonds is 10. The van der Waals surface area contributed by atoms with E-state index < -0.39 is 23.8 Å². The Bertz CT molecular complexity index is 1250. The molecule has 0 aliphatic carbocycles. The van der Waals surface area contributed by atoms with E-state index in [0.29, 0.717) is 17.0 Å². The number of amides is 1. The molecule has 0 aliphatic rings. The number of thiophene rings is 1. The molecule has 4 aromatic rings. The number of benzene rings is 3. The Morgan fingerprint density at radius 3 is 2.43 bits per heavy atom. The lowest BCUT2D eigenvalue weighted by molar-refractivity contribution is 0.0833. The van der Waals surface area contributed by atoms with Crippen molar-refractivity contribution in [3.05, 3.63) is 106 Å². The first-order chi connectivity index (χ1) is 16.9.